The molecule has 2 rings (SSSR count). The quantitative estimate of drug-likeness (QED) is 0.811. The first-order chi connectivity index (χ1) is 8.01. The van der Waals surface area contributed by atoms with Crippen LogP contribution in [0.15, 0.2) is 24.3 Å². The predicted octanol–water partition coefficient (Wildman–Crippen LogP) is 1.30. The van der Waals surface area contributed by atoms with Crippen LogP contribution < -0.4 is 0 Å². The number of carboxylic acid groups (broad SMARTS) is 1. The molecule has 1 aliphatic rings. The van der Waals surface area contributed by atoms with E-state index in [9.17, 15) is 9.90 Å². The van der Waals surface area contributed by atoms with Crippen molar-refractivity contribution >= 4 is 5.97 Å². The van der Waals surface area contributed by atoms with Gasteiger partial charge in [-0.25, -0.2) is 4.79 Å². The number of carboxylic acids is 1. The Hall–Kier alpha value is -1.39. The van der Waals surface area contributed by atoms with Crippen LogP contribution in [-0.2, 0) is 5.60 Å². The lowest BCUT2D eigenvalue weighted by Gasteiger charge is -2.37. The Morgan fingerprint density at radius 3 is 2.53 bits per heavy atom. The zero-order chi connectivity index (χ0) is 12.5. The fourth-order valence-corrected chi connectivity index (χ4v) is 2.40. The van der Waals surface area contributed by atoms with Crippen molar-refractivity contribution in [2.75, 3.05) is 20.1 Å². The molecule has 0 spiro atoms. The lowest BCUT2D eigenvalue weighted by atomic mass is 9.85. The van der Waals surface area contributed by atoms with Gasteiger partial charge in [-0.1, -0.05) is 12.1 Å². The fraction of sp³-hybridized carbons (Fsp3) is 0.462. The van der Waals surface area contributed by atoms with Crippen LogP contribution in [0, 0.1) is 0 Å². The van der Waals surface area contributed by atoms with Crippen LogP contribution in [0.2, 0.25) is 0 Å². The Morgan fingerprint density at radius 2 is 2.00 bits per heavy atom. The number of rotatable bonds is 2. The van der Waals surface area contributed by atoms with E-state index < -0.39 is 11.6 Å². The van der Waals surface area contributed by atoms with Crippen LogP contribution in [0.5, 0.6) is 0 Å². The van der Waals surface area contributed by atoms with Crippen molar-refractivity contribution in [2.24, 2.45) is 0 Å². The second-order valence-corrected chi connectivity index (χ2v) is 4.76. The molecule has 1 aliphatic heterocycles. The van der Waals surface area contributed by atoms with E-state index in [1.165, 1.54) is 0 Å². The minimum absolute atomic E-state index is 0.251. The van der Waals surface area contributed by atoms with E-state index in [1.54, 1.807) is 24.3 Å². The molecule has 1 atom stereocenters. The van der Waals surface area contributed by atoms with Gasteiger partial charge < -0.3 is 15.1 Å². The van der Waals surface area contributed by atoms with Crippen LogP contribution in [-0.4, -0.2) is 41.2 Å². The third-order valence-electron chi connectivity index (χ3n) is 3.33. The molecule has 0 radical (unpaired) electrons. The standard InChI is InChI=1S/C13H17NO3/c1-14-8-2-7-13(17,9-14)11-5-3-10(4-6-11)12(15)16/h3-6,17H,2,7-9H2,1H3,(H,15,16). The van der Waals surface area contributed by atoms with Crippen LogP contribution in [0.25, 0.3) is 0 Å². The zero-order valence-corrected chi connectivity index (χ0v) is 9.89. The molecule has 4 nitrogen and oxygen atoms in total. The molecule has 1 unspecified atom stereocenters. The van der Waals surface area contributed by atoms with Gasteiger partial charge in [0.2, 0.25) is 0 Å². The number of piperidine rings is 1. The minimum Gasteiger partial charge on any atom is -0.478 e. The molecular formula is C13H17NO3. The van der Waals surface area contributed by atoms with E-state index >= 15 is 0 Å². The number of nitrogens with zero attached hydrogens (tertiary/aromatic N) is 1. The first kappa shape index (κ1) is 12.1. The van der Waals surface area contributed by atoms with Gasteiger partial charge in [-0.3, -0.25) is 0 Å². The number of β-amino-alcohol motifs (C(OH)–C–C–N with tert-alkyl or cyclic N) is 1. The number of likely N-dealkylation sites (N-methyl/N-ethyl adjacent to an activating group) is 1. The van der Waals surface area contributed by atoms with Crippen LogP contribution in [0.1, 0.15) is 28.8 Å². The van der Waals surface area contributed by atoms with Crippen molar-refractivity contribution in [2.45, 2.75) is 18.4 Å². The Labute approximate surface area is 100 Å². The van der Waals surface area contributed by atoms with Gasteiger partial charge in [0.05, 0.1) is 5.56 Å². The monoisotopic (exact) mass is 235 g/mol. The smallest absolute Gasteiger partial charge is 0.335 e. The molecule has 0 aliphatic carbocycles. The summed E-state index contributed by atoms with van der Waals surface area (Å²) in [5.41, 5.74) is 0.208. The second kappa shape index (κ2) is 4.47. The highest BCUT2D eigenvalue weighted by atomic mass is 16.4. The molecule has 92 valence electrons. The maximum atomic E-state index is 10.7. The largest absolute Gasteiger partial charge is 0.478 e. The summed E-state index contributed by atoms with van der Waals surface area (Å²) in [5, 5.41) is 19.4. The number of carbonyl (C=O) groups is 1. The summed E-state index contributed by atoms with van der Waals surface area (Å²) in [6.45, 7) is 1.59. The van der Waals surface area contributed by atoms with Crippen molar-refractivity contribution in [3.8, 4) is 0 Å². The van der Waals surface area contributed by atoms with E-state index in [4.69, 9.17) is 5.11 Å². The van der Waals surface area contributed by atoms with Crippen molar-refractivity contribution in [1.29, 1.82) is 0 Å². The summed E-state index contributed by atoms with van der Waals surface area (Å²) in [5.74, 6) is -0.940. The fourth-order valence-electron chi connectivity index (χ4n) is 2.40. The van der Waals surface area contributed by atoms with Crippen molar-refractivity contribution < 1.29 is 15.0 Å². The molecule has 0 bridgehead atoms. The normalized spacial score (nSPS) is 25.8. The number of likely N-dealkylation sites (tertiary alicyclic amines) is 1. The summed E-state index contributed by atoms with van der Waals surface area (Å²) < 4.78 is 0. The summed E-state index contributed by atoms with van der Waals surface area (Å²) >= 11 is 0. The van der Waals surface area contributed by atoms with Gasteiger partial charge in [-0.2, -0.15) is 0 Å². The zero-order valence-electron chi connectivity index (χ0n) is 9.89. The molecule has 1 aromatic rings. The molecule has 0 aromatic heterocycles. The highest BCUT2D eigenvalue weighted by Gasteiger charge is 2.33. The summed E-state index contributed by atoms with van der Waals surface area (Å²) in [6, 6.07) is 6.51. The van der Waals surface area contributed by atoms with Crippen LogP contribution in [0.3, 0.4) is 0 Å². The SMILES string of the molecule is CN1CCCC(O)(c2ccc(C(=O)O)cc2)C1. The summed E-state index contributed by atoms with van der Waals surface area (Å²) in [6.07, 6.45) is 1.68. The number of aromatic carboxylic acids is 1. The molecule has 2 N–H and O–H groups in total. The summed E-state index contributed by atoms with van der Waals surface area (Å²) in [7, 11) is 1.98. The Bertz CT molecular complexity index is 415. The van der Waals surface area contributed by atoms with Crippen molar-refractivity contribution in [1.82, 2.24) is 4.90 Å². The average molecular weight is 235 g/mol. The van der Waals surface area contributed by atoms with E-state index in [-0.39, 0.29) is 5.56 Å². The summed E-state index contributed by atoms with van der Waals surface area (Å²) in [4.78, 5) is 12.8. The van der Waals surface area contributed by atoms with Gasteiger partial charge in [0.25, 0.3) is 0 Å². The first-order valence-corrected chi connectivity index (χ1v) is 5.76. The molecule has 0 saturated carbocycles. The van der Waals surface area contributed by atoms with Gasteiger partial charge in [-0.15, -0.1) is 0 Å². The van der Waals surface area contributed by atoms with Gasteiger partial charge >= 0.3 is 5.97 Å². The van der Waals surface area contributed by atoms with Crippen LogP contribution >= 0.6 is 0 Å². The van der Waals surface area contributed by atoms with E-state index in [0.717, 1.165) is 24.9 Å². The highest BCUT2D eigenvalue weighted by Crippen LogP contribution is 2.30. The lowest BCUT2D eigenvalue weighted by Crippen LogP contribution is -2.44. The topological polar surface area (TPSA) is 60.8 Å². The highest BCUT2D eigenvalue weighted by molar-refractivity contribution is 5.87. The molecular weight excluding hydrogens is 218 g/mol. The maximum Gasteiger partial charge on any atom is 0.335 e. The molecule has 17 heavy (non-hydrogen) atoms. The Balaban J connectivity index is 2.24. The molecule has 1 saturated heterocycles. The molecule has 1 fully saturated rings. The van der Waals surface area contributed by atoms with E-state index in [2.05, 4.69) is 4.90 Å². The van der Waals surface area contributed by atoms with E-state index in [0.29, 0.717) is 6.54 Å². The average Bonchev–Trinajstić information content (AvgIpc) is 2.29. The molecule has 4 heteroatoms. The Kier molecular flexibility index (Phi) is 3.17. The number of hydrogen-bond donors (Lipinski definition) is 2. The van der Waals surface area contributed by atoms with Crippen molar-refractivity contribution in [3.63, 3.8) is 0 Å². The lowest BCUT2D eigenvalue weighted by molar-refractivity contribution is -0.0278. The molecule has 1 heterocycles. The maximum absolute atomic E-state index is 10.7. The van der Waals surface area contributed by atoms with Crippen molar-refractivity contribution in [3.05, 3.63) is 35.4 Å². The van der Waals surface area contributed by atoms with Gasteiger partial charge in [0.15, 0.2) is 0 Å². The Morgan fingerprint density at radius 1 is 1.35 bits per heavy atom. The third-order valence-corrected chi connectivity index (χ3v) is 3.33. The first-order valence-electron chi connectivity index (χ1n) is 5.76. The van der Waals surface area contributed by atoms with Gasteiger partial charge in [-0.05, 0) is 44.1 Å². The van der Waals surface area contributed by atoms with Gasteiger partial charge in [0, 0.05) is 6.54 Å². The number of hydrogen-bond acceptors (Lipinski definition) is 3. The van der Waals surface area contributed by atoms with Crippen LogP contribution in [0.4, 0.5) is 0 Å². The number of aliphatic hydroxyl groups is 1. The van der Waals surface area contributed by atoms with E-state index in [1.807, 2.05) is 7.05 Å². The molecule has 1 aromatic carbocycles. The second-order valence-electron chi connectivity index (χ2n) is 4.76. The molecule has 0 amide bonds. The number of benzene rings is 1. The van der Waals surface area contributed by atoms with Gasteiger partial charge in [0.1, 0.15) is 5.60 Å². The minimum atomic E-state index is -0.940. The predicted molar refractivity (Wildman–Crippen MR) is 64.0 cm³/mol. The third kappa shape index (κ3) is 2.48.